The fraction of sp³-hybridized carbons (Fsp3) is 0.611. The van der Waals surface area contributed by atoms with Crippen molar-refractivity contribution in [3.05, 3.63) is 24.2 Å². The largest absolute Gasteiger partial charge is 0.462 e. The van der Waals surface area contributed by atoms with Crippen LogP contribution in [0.25, 0.3) is 5.52 Å². The molecule has 0 unspecified atom stereocenters. The summed E-state index contributed by atoms with van der Waals surface area (Å²) in [6, 6.07) is 3.44. The molecule has 1 saturated carbocycles. The van der Waals surface area contributed by atoms with Gasteiger partial charge >= 0.3 is 5.97 Å². The van der Waals surface area contributed by atoms with Gasteiger partial charge < -0.3 is 25.4 Å². The standard InChI is InChI=1S/C18H24N4O5/c1-18(8-26-13(23)7-10-3-2-4-10)16(25)14(24)15(27-18)11-5-6-12-17(19)20-9-21-22(11)12/h5-6,9-10,14-16,24-25H,2-4,7-8H2,1H3,(H2,19,20,21)/t14-,15-,16-,18+/m0/s1. The maximum Gasteiger partial charge on any atom is 0.306 e. The van der Waals surface area contributed by atoms with Crippen molar-refractivity contribution in [1.29, 1.82) is 0 Å². The molecule has 27 heavy (non-hydrogen) atoms. The lowest BCUT2D eigenvalue weighted by molar-refractivity contribution is -0.161. The molecule has 2 fully saturated rings. The summed E-state index contributed by atoms with van der Waals surface area (Å²) in [4.78, 5) is 15.9. The first-order valence-corrected chi connectivity index (χ1v) is 9.17. The Bertz CT molecular complexity index is 851. The van der Waals surface area contributed by atoms with Gasteiger partial charge in [0.25, 0.3) is 0 Å². The Morgan fingerprint density at radius 3 is 2.93 bits per heavy atom. The predicted molar refractivity (Wildman–Crippen MR) is 94.6 cm³/mol. The lowest BCUT2D eigenvalue weighted by atomic mass is 9.83. The number of carbonyl (C=O) groups excluding carboxylic acids is 1. The zero-order valence-electron chi connectivity index (χ0n) is 15.1. The van der Waals surface area contributed by atoms with E-state index in [1.54, 1.807) is 19.1 Å². The van der Waals surface area contributed by atoms with Crippen molar-refractivity contribution in [2.45, 2.75) is 56.5 Å². The van der Waals surface area contributed by atoms with Gasteiger partial charge in [-0.05, 0) is 37.8 Å². The van der Waals surface area contributed by atoms with Gasteiger partial charge in [0.1, 0.15) is 42.4 Å². The van der Waals surface area contributed by atoms with Crippen molar-refractivity contribution in [2.24, 2.45) is 5.92 Å². The third-order valence-electron chi connectivity index (χ3n) is 5.66. The van der Waals surface area contributed by atoms with Crippen molar-refractivity contribution in [2.75, 3.05) is 12.3 Å². The molecule has 2 aliphatic rings. The summed E-state index contributed by atoms with van der Waals surface area (Å²) >= 11 is 0. The molecule has 1 aliphatic carbocycles. The molecule has 1 saturated heterocycles. The van der Waals surface area contributed by atoms with Gasteiger partial charge in [-0.25, -0.2) is 9.50 Å². The van der Waals surface area contributed by atoms with Crippen LogP contribution in [-0.2, 0) is 14.3 Å². The fourth-order valence-electron chi connectivity index (χ4n) is 3.71. The van der Waals surface area contributed by atoms with Crippen LogP contribution in [0.15, 0.2) is 18.5 Å². The number of anilines is 1. The second-order valence-corrected chi connectivity index (χ2v) is 7.65. The van der Waals surface area contributed by atoms with E-state index in [0.29, 0.717) is 29.4 Å². The highest BCUT2D eigenvalue weighted by Crippen LogP contribution is 2.41. The molecule has 0 radical (unpaired) electrons. The normalized spacial score (nSPS) is 31.1. The van der Waals surface area contributed by atoms with E-state index in [2.05, 4.69) is 10.1 Å². The average molecular weight is 376 g/mol. The van der Waals surface area contributed by atoms with Gasteiger partial charge in [0.05, 0.1) is 5.69 Å². The van der Waals surface area contributed by atoms with E-state index in [1.165, 1.54) is 10.8 Å². The third kappa shape index (κ3) is 3.15. The van der Waals surface area contributed by atoms with E-state index < -0.39 is 23.9 Å². The van der Waals surface area contributed by atoms with Crippen LogP contribution in [-0.4, -0.2) is 55.2 Å². The van der Waals surface area contributed by atoms with E-state index >= 15 is 0 Å². The highest BCUT2D eigenvalue weighted by atomic mass is 16.6. The van der Waals surface area contributed by atoms with Gasteiger partial charge in [0.15, 0.2) is 5.82 Å². The monoisotopic (exact) mass is 376 g/mol. The minimum atomic E-state index is -1.22. The highest BCUT2D eigenvalue weighted by Gasteiger charge is 2.53. The van der Waals surface area contributed by atoms with E-state index in [4.69, 9.17) is 15.2 Å². The lowest BCUT2D eigenvalue weighted by Crippen LogP contribution is -2.44. The Kier molecular flexibility index (Phi) is 4.53. The highest BCUT2D eigenvalue weighted by molar-refractivity contribution is 5.70. The molecule has 9 nitrogen and oxygen atoms in total. The maximum absolute atomic E-state index is 12.0. The summed E-state index contributed by atoms with van der Waals surface area (Å²) in [7, 11) is 0. The molecule has 4 rings (SSSR count). The molecule has 1 aliphatic heterocycles. The van der Waals surface area contributed by atoms with Crippen molar-refractivity contribution >= 4 is 17.3 Å². The molecule has 0 aromatic carbocycles. The summed E-state index contributed by atoms with van der Waals surface area (Å²) in [5, 5.41) is 25.2. The number of carbonyl (C=O) groups is 1. The zero-order chi connectivity index (χ0) is 19.2. The first-order valence-electron chi connectivity index (χ1n) is 9.17. The van der Waals surface area contributed by atoms with Crippen LogP contribution in [0.5, 0.6) is 0 Å². The van der Waals surface area contributed by atoms with Crippen LogP contribution >= 0.6 is 0 Å². The van der Waals surface area contributed by atoms with Crippen LogP contribution in [0, 0.1) is 5.92 Å². The average Bonchev–Trinajstić information content (AvgIpc) is 3.13. The van der Waals surface area contributed by atoms with Crippen LogP contribution in [0.1, 0.15) is 44.4 Å². The number of nitrogen functional groups attached to an aromatic ring is 1. The van der Waals surface area contributed by atoms with Gasteiger partial charge in [-0.2, -0.15) is 5.10 Å². The third-order valence-corrected chi connectivity index (χ3v) is 5.66. The molecule has 2 aromatic heterocycles. The summed E-state index contributed by atoms with van der Waals surface area (Å²) < 4.78 is 12.8. The van der Waals surface area contributed by atoms with Gasteiger partial charge in [0, 0.05) is 6.42 Å². The lowest BCUT2D eigenvalue weighted by Gasteiger charge is -2.28. The Hall–Kier alpha value is -2.23. The second kappa shape index (κ2) is 6.74. The van der Waals surface area contributed by atoms with E-state index in [0.717, 1.165) is 19.3 Å². The number of aliphatic hydroxyl groups is 2. The first kappa shape index (κ1) is 18.1. The van der Waals surface area contributed by atoms with Crippen molar-refractivity contribution in [3.8, 4) is 0 Å². The zero-order valence-corrected chi connectivity index (χ0v) is 15.1. The number of aliphatic hydroxyl groups excluding tert-OH is 2. The fourth-order valence-corrected chi connectivity index (χ4v) is 3.71. The maximum atomic E-state index is 12.0. The van der Waals surface area contributed by atoms with E-state index in [9.17, 15) is 15.0 Å². The Morgan fingerprint density at radius 1 is 1.44 bits per heavy atom. The molecule has 4 N–H and O–H groups in total. The summed E-state index contributed by atoms with van der Waals surface area (Å²) in [6.45, 7) is 1.49. The molecular weight excluding hydrogens is 352 g/mol. The SMILES string of the molecule is C[C@]1(COC(=O)CC2CCC2)O[C@@H](c2ccc3c(N)ncnn23)[C@H](O)[C@@H]1O. The Balaban J connectivity index is 1.49. The number of ether oxygens (including phenoxy) is 2. The first-order chi connectivity index (χ1) is 12.9. The van der Waals surface area contributed by atoms with Gasteiger partial charge in [-0.3, -0.25) is 4.79 Å². The van der Waals surface area contributed by atoms with Crippen LogP contribution in [0.3, 0.4) is 0 Å². The second-order valence-electron chi connectivity index (χ2n) is 7.65. The number of hydrogen-bond acceptors (Lipinski definition) is 8. The molecule has 0 amide bonds. The minimum absolute atomic E-state index is 0.131. The Morgan fingerprint density at radius 2 is 2.22 bits per heavy atom. The number of rotatable bonds is 5. The van der Waals surface area contributed by atoms with Crippen molar-refractivity contribution in [3.63, 3.8) is 0 Å². The summed E-state index contributed by atoms with van der Waals surface area (Å²) in [5.41, 5.74) is 5.74. The Labute approximate surface area is 156 Å². The summed E-state index contributed by atoms with van der Waals surface area (Å²) in [6.07, 6.45) is 1.70. The van der Waals surface area contributed by atoms with Crippen LogP contribution < -0.4 is 5.73 Å². The quantitative estimate of drug-likeness (QED) is 0.646. The molecule has 3 heterocycles. The van der Waals surface area contributed by atoms with Crippen LogP contribution in [0.2, 0.25) is 0 Å². The van der Waals surface area contributed by atoms with E-state index in [-0.39, 0.29) is 12.6 Å². The number of nitrogens with zero attached hydrogens (tertiary/aromatic N) is 3. The van der Waals surface area contributed by atoms with Crippen molar-refractivity contribution in [1.82, 2.24) is 14.6 Å². The molecule has 2 aromatic rings. The summed E-state index contributed by atoms with van der Waals surface area (Å²) in [5.74, 6) is 0.399. The molecule has 146 valence electrons. The van der Waals surface area contributed by atoms with Gasteiger partial charge in [-0.1, -0.05) is 6.42 Å². The molecule has 9 heteroatoms. The number of fused-ring (bicyclic) bond motifs is 1. The number of aromatic nitrogens is 3. The van der Waals surface area contributed by atoms with Gasteiger partial charge in [0.2, 0.25) is 0 Å². The van der Waals surface area contributed by atoms with Gasteiger partial charge in [-0.15, -0.1) is 0 Å². The topological polar surface area (TPSA) is 132 Å². The smallest absolute Gasteiger partial charge is 0.306 e. The molecular formula is C18H24N4O5. The number of esters is 1. The molecule has 4 atom stereocenters. The molecule has 0 spiro atoms. The van der Waals surface area contributed by atoms with Crippen molar-refractivity contribution < 1.29 is 24.5 Å². The number of nitrogens with two attached hydrogens (primary N) is 1. The van der Waals surface area contributed by atoms with E-state index in [1.807, 2.05) is 0 Å². The number of hydrogen-bond donors (Lipinski definition) is 3. The predicted octanol–water partition coefficient (Wildman–Crippen LogP) is 0.597. The minimum Gasteiger partial charge on any atom is -0.462 e. The molecule has 0 bridgehead atoms. The van der Waals surface area contributed by atoms with Crippen LogP contribution in [0.4, 0.5) is 5.82 Å².